The molecule has 0 unspecified atom stereocenters. The lowest BCUT2D eigenvalue weighted by Crippen LogP contribution is -2.38. The van der Waals surface area contributed by atoms with E-state index in [1.54, 1.807) is 12.1 Å². The number of carbonyl (C=O) groups is 2. The molecule has 1 heterocycles. The fourth-order valence-electron chi connectivity index (χ4n) is 2.02. The van der Waals surface area contributed by atoms with Crippen LogP contribution in [0.2, 0.25) is 0 Å². The molecule has 8 heteroatoms. The Kier molecular flexibility index (Phi) is 4.95. The Morgan fingerprint density at radius 2 is 2.09 bits per heavy atom. The number of carbonyl (C=O) groups excluding carboxylic acids is 2. The lowest BCUT2D eigenvalue weighted by atomic mass is 10.2. The van der Waals surface area contributed by atoms with Crippen molar-refractivity contribution in [2.45, 2.75) is 20.5 Å². The number of ether oxygens (including phenoxy) is 3. The van der Waals surface area contributed by atoms with Gasteiger partial charge in [0.05, 0.1) is 19.8 Å². The summed E-state index contributed by atoms with van der Waals surface area (Å²) in [5.41, 5.74) is 0.204. The van der Waals surface area contributed by atoms with Gasteiger partial charge in [-0.1, -0.05) is 0 Å². The predicted octanol–water partition coefficient (Wildman–Crippen LogP) is 1.12. The minimum Gasteiger partial charge on any atom is -0.618 e. The van der Waals surface area contributed by atoms with E-state index in [0.717, 1.165) is 7.11 Å². The molecule has 0 aliphatic heterocycles. The average Bonchev–Trinajstić information content (AvgIpc) is 2.53. The molecule has 1 aromatic heterocycles. The normalized spacial score (nSPS) is 10.4. The van der Waals surface area contributed by atoms with Crippen LogP contribution in [0.25, 0.3) is 11.0 Å². The zero-order chi connectivity index (χ0) is 17.0. The van der Waals surface area contributed by atoms with Crippen LogP contribution < -0.4 is 9.47 Å². The molecule has 122 valence electrons. The van der Waals surface area contributed by atoms with Crippen molar-refractivity contribution >= 4 is 23.0 Å². The fraction of sp³-hybridized carbons (Fsp3) is 0.333. The number of rotatable bonds is 5. The minimum atomic E-state index is -0.863. The Balaban J connectivity index is 2.62. The van der Waals surface area contributed by atoms with Crippen LogP contribution in [0.5, 0.6) is 5.75 Å². The fourth-order valence-corrected chi connectivity index (χ4v) is 2.02. The second kappa shape index (κ2) is 6.91. The largest absolute Gasteiger partial charge is 0.618 e. The molecule has 8 nitrogen and oxygen atoms in total. The zero-order valence-electron chi connectivity index (χ0n) is 13.0. The molecule has 2 aromatic rings. The molecular weight excluding hydrogens is 304 g/mol. The van der Waals surface area contributed by atoms with Crippen molar-refractivity contribution in [2.75, 3.05) is 13.7 Å². The van der Waals surface area contributed by atoms with Crippen LogP contribution in [0.1, 0.15) is 30.0 Å². The zero-order valence-corrected chi connectivity index (χ0v) is 13.0. The number of hydrogen-bond acceptors (Lipinski definition) is 7. The predicted molar refractivity (Wildman–Crippen MR) is 78.7 cm³/mol. The summed E-state index contributed by atoms with van der Waals surface area (Å²) < 4.78 is 15.2. The van der Waals surface area contributed by atoms with E-state index >= 15 is 0 Å². The molecule has 0 saturated carbocycles. The van der Waals surface area contributed by atoms with Crippen LogP contribution in [-0.4, -0.2) is 30.6 Å². The smallest absolute Gasteiger partial charge is 0.406 e. The first kappa shape index (κ1) is 16.5. The number of aromatic nitrogens is 2. The van der Waals surface area contributed by atoms with E-state index in [-0.39, 0.29) is 23.5 Å². The molecule has 0 spiro atoms. The summed E-state index contributed by atoms with van der Waals surface area (Å²) in [7, 11) is 1.15. The molecule has 1 aromatic carbocycles. The van der Waals surface area contributed by atoms with E-state index < -0.39 is 11.9 Å². The van der Waals surface area contributed by atoms with E-state index in [9.17, 15) is 14.8 Å². The van der Waals surface area contributed by atoms with E-state index in [1.165, 1.54) is 13.0 Å². The second-order valence-electron chi connectivity index (χ2n) is 4.56. The van der Waals surface area contributed by atoms with Gasteiger partial charge < -0.3 is 19.4 Å². The van der Waals surface area contributed by atoms with Crippen molar-refractivity contribution in [3.05, 3.63) is 34.8 Å². The van der Waals surface area contributed by atoms with Crippen molar-refractivity contribution in [1.82, 2.24) is 4.98 Å². The maximum Gasteiger partial charge on any atom is 0.406 e. The summed E-state index contributed by atoms with van der Waals surface area (Å²) in [6.07, 6.45) is 0. The molecule has 0 amide bonds. The van der Waals surface area contributed by atoms with Gasteiger partial charge in [-0.3, -0.25) is 4.79 Å². The molecule has 0 atom stereocenters. The van der Waals surface area contributed by atoms with Gasteiger partial charge in [-0.05, 0) is 19.1 Å². The summed E-state index contributed by atoms with van der Waals surface area (Å²) in [6.45, 7) is 3.17. The van der Waals surface area contributed by atoms with Gasteiger partial charge in [-0.2, -0.15) is 4.73 Å². The molecule has 0 N–H and O–H groups in total. The number of hydrogen-bond donors (Lipinski definition) is 0. The number of methoxy groups -OCH3 is 1. The molecule has 0 fully saturated rings. The van der Waals surface area contributed by atoms with Crippen LogP contribution in [0.4, 0.5) is 0 Å². The molecule has 0 radical (unpaired) electrons. The van der Waals surface area contributed by atoms with E-state index in [0.29, 0.717) is 22.6 Å². The van der Waals surface area contributed by atoms with Crippen LogP contribution in [-0.2, 0) is 20.9 Å². The monoisotopic (exact) mass is 320 g/mol. The first-order valence-electron chi connectivity index (χ1n) is 6.88. The van der Waals surface area contributed by atoms with Gasteiger partial charge in [0.15, 0.2) is 5.69 Å². The number of nitrogens with zero attached hydrogens (tertiary/aromatic N) is 2. The van der Waals surface area contributed by atoms with Gasteiger partial charge in [0.2, 0.25) is 5.52 Å². The SMILES string of the molecule is CCOc1ccc2nc(COC(C)=O)c(C(=O)OC)[n+]([O-])c2c1. The first-order valence-corrected chi connectivity index (χ1v) is 6.88. The third kappa shape index (κ3) is 3.47. The third-order valence-electron chi connectivity index (χ3n) is 3.00. The maximum atomic E-state index is 12.5. The Hall–Kier alpha value is -2.90. The van der Waals surface area contributed by atoms with Gasteiger partial charge in [-0.25, -0.2) is 9.78 Å². The lowest BCUT2D eigenvalue weighted by molar-refractivity contribution is -0.581. The van der Waals surface area contributed by atoms with Gasteiger partial charge >= 0.3 is 17.6 Å². The summed E-state index contributed by atoms with van der Waals surface area (Å²) in [4.78, 5) is 27.1. The summed E-state index contributed by atoms with van der Waals surface area (Å²) in [5.74, 6) is -0.930. The van der Waals surface area contributed by atoms with Crippen molar-refractivity contribution in [2.24, 2.45) is 0 Å². The minimum absolute atomic E-state index is 0.0266. The Morgan fingerprint density at radius 3 is 2.70 bits per heavy atom. The molecule has 0 bridgehead atoms. The molecule has 0 saturated heterocycles. The highest BCUT2D eigenvalue weighted by Gasteiger charge is 2.28. The molecule has 2 rings (SSSR count). The number of benzene rings is 1. The van der Waals surface area contributed by atoms with Crippen LogP contribution in [0.15, 0.2) is 18.2 Å². The van der Waals surface area contributed by atoms with Crippen LogP contribution >= 0.6 is 0 Å². The Bertz CT molecular complexity index is 759. The van der Waals surface area contributed by atoms with E-state index in [1.807, 2.05) is 6.92 Å². The standard InChI is InChI=1S/C15H16N2O6/c1-4-22-10-5-6-11-13(7-10)17(20)14(15(19)21-3)12(16-11)8-23-9(2)18/h5-7H,4,8H2,1-3H3. The Morgan fingerprint density at radius 1 is 1.35 bits per heavy atom. The highest BCUT2D eigenvalue weighted by molar-refractivity contribution is 5.88. The molecular formula is C15H16N2O6. The quantitative estimate of drug-likeness (QED) is 0.462. The topological polar surface area (TPSA) is 102 Å². The first-order chi connectivity index (χ1) is 11.0. The van der Waals surface area contributed by atoms with Crippen molar-refractivity contribution in [3.63, 3.8) is 0 Å². The summed E-state index contributed by atoms with van der Waals surface area (Å²) >= 11 is 0. The van der Waals surface area contributed by atoms with Crippen molar-refractivity contribution < 1.29 is 28.5 Å². The summed E-state index contributed by atoms with van der Waals surface area (Å²) in [6, 6.07) is 4.74. The highest BCUT2D eigenvalue weighted by Crippen LogP contribution is 2.19. The highest BCUT2D eigenvalue weighted by atomic mass is 16.5. The van der Waals surface area contributed by atoms with Crippen LogP contribution in [0.3, 0.4) is 0 Å². The van der Waals surface area contributed by atoms with Crippen molar-refractivity contribution in [3.8, 4) is 5.75 Å². The lowest BCUT2D eigenvalue weighted by Gasteiger charge is -2.11. The van der Waals surface area contributed by atoms with E-state index in [4.69, 9.17) is 9.47 Å². The molecule has 0 aliphatic carbocycles. The van der Waals surface area contributed by atoms with Gasteiger partial charge in [0, 0.05) is 6.92 Å². The Labute approximate surface area is 132 Å². The van der Waals surface area contributed by atoms with Gasteiger partial charge in [0.1, 0.15) is 17.9 Å². The maximum absolute atomic E-state index is 12.5. The van der Waals surface area contributed by atoms with Crippen LogP contribution in [0, 0.1) is 5.21 Å². The van der Waals surface area contributed by atoms with Crippen molar-refractivity contribution in [1.29, 1.82) is 0 Å². The van der Waals surface area contributed by atoms with E-state index in [2.05, 4.69) is 9.72 Å². The number of fused-ring (bicyclic) bond motifs is 1. The number of esters is 2. The molecule has 23 heavy (non-hydrogen) atoms. The van der Waals surface area contributed by atoms with Gasteiger partial charge in [0.25, 0.3) is 0 Å². The second-order valence-corrected chi connectivity index (χ2v) is 4.56. The molecule has 0 aliphatic rings. The third-order valence-corrected chi connectivity index (χ3v) is 3.00. The van der Waals surface area contributed by atoms with Gasteiger partial charge in [-0.15, -0.1) is 0 Å². The summed E-state index contributed by atoms with van der Waals surface area (Å²) in [5, 5.41) is 12.5. The average molecular weight is 320 g/mol.